The molecule has 0 aliphatic carbocycles. The lowest BCUT2D eigenvalue weighted by atomic mass is 10.1. The largest absolute Gasteiger partial charge is 0.423 e. The minimum absolute atomic E-state index is 0.122. The van der Waals surface area contributed by atoms with Crippen LogP contribution in [0.1, 0.15) is 5.56 Å². The molecular weight excluding hydrogens is 318 g/mol. The molecule has 0 atom stereocenters. The van der Waals surface area contributed by atoms with Gasteiger partial charge in [-0.25, -0.2) is 13.6 Å². The van der Waals surface area contributed by atoms with E-state index in [4.69, 9.17) is 4.74 Å². The third-order valence-corrected chi connectivity index (χ3v) is 3.56. The molecule has 1 N–H and O–H groups in total. The molecule has 0 saturated carbocycles. The number of ether oxygens (including phenoxy) is 1. The third-order valence-electron chi connectivity index (χ3n) is 3.56. The highest BCUT2D eigenvalue weighted by Crippen LogP contribution is 2.32. The van der Waals surface area contributed by atoms with Crippen LogP contribution in [-0.4, -0.2) is 25.0 Å². The lowest BCUT2D eigenvalue weighted by molar-refractivity contribution is -0.133. The summed E-state index contributed by atoms with van der Waals surface area (Å²) in [5.41, 5.74) is 0.969. The molecule has 1 aliphatic rings. The molecule has 2 aromatic rings. The number of hydrogen-bond donors (Lipinski definition) is 1. The van der Waals surface area contributed by atoms with Gasteiger partial charge in [-0.15, -0.1) is 0 Å². The van der Waals surface area contributed by atoms with E-state index in [-0.39, 0.29) is 13.1 Å². The van der Waals surface area contributed by atoms with Crippen LogP contribution in [0.3, 0.4) is 0 Å². The predicted octanol–water partition coefficient (Wildman–Crippen LogP) is 2.64. The second-order valence-electron chi connectivity index (χ2n) is 5.45. The zero-order chi connectivity index (χ0) is 17.3. The Morgan fingerprint density at radius 1 is 1.25 bits per heavy atom. The van der Waals surface area contributed by atoms with E-state index in [1.54, 1.807) is 12.1 Å². The lowest BCUT2D eigenvalue weighted by Crippen LogP contribution is -2.41. The summed E-state index contributed by atoms with van der Waals surface area (Å²) < 4.78 is 32.3. The maximum atomic E-state index is 13.6. The highest BCUT2D eigenvalue weighted by Gasteiger charge is 2.26. The number of carbonyl (C=O) groups excluding carboxylic acids is 2. The molecule has 0 spiro atoms. The number of para-hydroxylation sites is 1. The molecule has 124 valence electrons. The van der Waals surface area contributed by atoms with Gasteiger partial charge in [0.15, 0.2) is 5.75 Å². The quantitative estimate of drug-likeness (QED) is 0.693. The van der Waals surface area contributed by atoms with Gasteiger partial charge in [-0.2, -0.15) is 0 Å². The van der Waals surface area contributed by atoms with Crippen molar-refractivity contribution >= 4 is 23.3 Å². The molecule has 1 aliphatic heterocycles. The number of amides is 1. The van der Waals surface area contributed by atoms with Crippen LogP contribution in [0, 0.1) is 18.6 Å². The molecule has 3 rings (SSSR count). The van der Waals surface area contributed by atoms with Gasteiger partial charge in [-0.1, -0.05) is 12.1 Å². The van der Waals surface area contributed by atoms with E-state index < -0.39 is 29.2 Å². The Kier molecular flexibility index (Phi) is 4.16. The normalized spacial score (nSPS) is 13.3. The predicted molar refractivity (Wildman–Crippen MR) is 84.0 cm³/mol. The van der Waals surface area contributed by atoms with Crippen LogP contribution in [0.15, 0.2) is 36.4 Å². The standard InChI is InChI=1S/C17H14F2N2O3/c1-10-5-6-13-14(7-10)24-16(23)9-21(13)8-15(22)20-17-11(18)3-2-4-12(17)19/h2-7H,8-9H2,1H3,(H,20,22). The van der Waals surface area contributed by atoms with Crippen molar-refractivity contribution in [2.75, 3.05) is 23.3 Å². The highest BCUT2D eigenvalue weighted by atomic mass is 19.1. The molecule has 0 bridgehead atoms. The van der Waals surface area contributed by atoms with Gasteiger partial charge in [0.1, 0.15) is 23.9 Å². The minimum Gasteiger partial charge on any atom is -0.423 e. The molecule has 1 heterocycles. The first-order chi connectivity index (χ1) is 11.4. The van der Waals surface area contributed by atoms with Crippen LogP contribution in [0.5, 0.6) is 5.75 Å². The fourth-order valence-electron chi connectivity index (χ4n) is 2.47. The Morgan fingerprint density at radius 3 is 2.67 bits per heavy atom. The summed E-state index contributed by atoms with van der Waals surface area (Å²) in [6.45, 7) is 1.49. The summed E-state index contributed by atoms with van der Waals surface area (Å²) in [4.78, 5) is 25.3. The van der Waals surface area contributed by atoms with Crippen LogP contribution in [0.4, 0.5) is 20.2 Å². The highest BCUT2D eigenvalue weighted by molar-refractivity contribution is 5.96. The Hall–Kier alpha value is -2.96. The van der Waals surface area contributed by atoms with Gasteiger partial charge in [0.05, 0.1) is 12.2 Å². The molecule has 0 aromatic heterocycles. The second-order valence-corrected chi connectivity index (χ2v) is 5.45. The number of hydrogen-bond acceptors (Lipinski definition) is 4. The van der Waals surface area contributed by atoms with Crippen molar-refractivity contribution in [3.05, 3.63) is 53.6 Å². The van der Waals surface area contributed by atoms with Gasteiger partial charge in [0.25, 0.3) is 0 Å². The van der Waals surface area contributed by atoms with Crippen LogP contribution < -0.4 is 15.0 Å². The van der Waals surface area contributed by atoms with E-state index in [0.29, 0.717) is 11.4 Å². The van der Waals surface area contributed by atoms with Crippen molar-refractivity contribution in [3.63, 3.8) is 0 Å². The van der Waals surface area contributed by atoms with Gasteiger partial charge >= 0.3 is 5.97 Å². The van der Waals surface area contributed by atoms with Crippen LogP contribution in [0.25, 0.3) is 0 Å². The molecule has 0 saturated heterocycles. The molecule has 0 radical (unpaired) electrons. The fourth-order valence-corrected chi connectivity index (χ4v) is 2.47. The molecular formula is C17H14F2N2O3. The monoisotopic (exact) mass is 332 g/mol. The number of aryl methyl sites for hydroxylation is 1. The van der Waals surface area contributed by atoms with Crippen molar-refractivity contribution in [1.29, 1.82) is 0 Å². The SMILES string of the molecule is Cc1ccc2c(c1)OC(=O)CN2CC(=O)Nc1c(F)cccc1F. The van der Waals surface area contributed by atoms with Gasteiger partial charge in [0.2, 0.25) is 5.91 Å². The van der Waals surface area contributed by atoms with Crippen LogP contribution >= 0.6 is 0 Å². The summed E-state index contributed by atoms with van der Waals surface area (Å²) >= 11 is 0. The maximum Gasteiger partial charge on any atom is 0.331 e. The van der Waals surface area contributed by atoms with E-state index in [1.165, 1.54) is 11.0 Å². The van der Waals surface area contributed by atoms with Crippen molar-refractivity contribution in [2.45, 2.75) is 6.92 Å². The van der Waals surface area contributed by atoms with Crippen molar-refractivity contribution in [1.82, 2.24) is 0 Å². The summed E-state index contributed by atoms with van der Waals surface area (Å²) in [7, 11) is 0. The first-order valence-electron chi connectivity index (χ1n) is 7.24. The lowest BCUT2D eigenvalue weighted by Gasteiger charge is -2.29. The molecule has 2 aromatic carbocycles. The van der Waals surface area contributed by atoms with Gasteiger partial charge < -0.3 is 15.0 Å². The van der Waals surface area contributed by atoms with Gasteiger partial charge in [0, 0.05) is 0 Å². The van der Waals surface area contributed by atoms with Crippen LogP contribution in [0.2, 0.25) is 0 Å². The number of rotatable bonds is 3. The third kappa shape index (κ3) is 3.19. The summed E-state index contributed by atoms with van der Waals surface area (Å²) in [6, 6.07) is 8.55. The number of fused-ring (bicyclic) bond motifs is 1. The first kappa shape index (κ1) is 15.9. The van der Waals surface area contributed by atoms with Crippen molar-refractivity contribution in [3.8, 4) is 5.75 Å². The topological polar surface area (TPSA) is 58.6 Å². The smallest absolute Gasteiger partial charge is 0.331 e. The molecule has 0 unspecified atom stereocenters. The summed E-state index contributed by atoms with van der Waals surface area (Å²) in [5.74, 6) is -2.51. The van der Waals surface area contributed by atoms with Crippen molar-refractivity contribution in [2.24, 2.45) is 0 Å². The minimum atomic E-state index is -0.863. The Balaban J connectivity index is 1.79. The van der Waals surface area contributed by atoms with Crippen molar-refractivity contribution < 1.29 is 23.1 Å². The summed E-state index contributed by atoms with van der Waals surface area (Å²) in [5, 5.41) is 2.20. The Morgan fingerprint density at radius 2 is 1.96 bits per heavy atom. The number of esters is 1. The van der Waals surface area contributed by atoms with Gasteiger partial charge in [-0.3, -0.25) is 4.79 Å². The average molecular weight is 332 g/mol. The number of carbonyl (C=O) groups is 2. The number of benzene rings is 2. The Labute approximate surface area is 136 Å². The number of anilines is 2. The Bertz CT molecular complexity index is 803. The second kappa shape index (κ2) is 6.27. The number of nitrogens with zero attached hydrogens (tertiary/aromatic N) is 1. The first-order valence-corrected chi connectivity index (χ1v) is 7.24. The summed E-state index contributed by atoms with van der Waals surface area (Å²) in [6.07, 6.45) is 0. The zero-order valence-electron chi connectivity index (χ0n) is 12.8. The number of nitrogens with one attached hydrogen (secondary N) is 1. The van der Waals surface area contributed by atoms with E-state index in [9.17, 15) is 18.4 Å². The zero-order valence-corrected chi connectivity index (χ0v) is 12.8. The van der Waals surface area contributed by atoms with E-state index >= 15 is 0 Å². The molecule has 1 amide bonds. The molecule has 5 nitrogen and oxygen atoms in total. The van der Waals surface area contributed by atoms with E-state index in [2.05, 4.69) is 5.32 Å². The van der Waals surface area contributed by atoms with Gasteiger partial charge in [-0.05, 0) is 36.8 Å². The molecule has 24 heavy (non-hydrogen) atoms. The average Bonchev–Trinajstić information content (AvgIpc) is 2.50. The van der Waals surface area contributed by atoms with E-state index in [0.717, 1.165) is 17.7 Å². The van der Waals surface area contributed by atoms with Crippen LogP contribution in [-0.2, 0) is 9.59 Å². The molecule has 0 fully saturated rings. The molecule has 7 heteroatoms. The number of halogens is 2. The fraction of sp³-hybridized carbons (Fsp3) is 0.176. The van der Waals surface area contributed by atoms with E-state index in [1.807, 2.05) is 13.0 Å². The maximum absolute atomic E-state index is 13.6.